The van der Waals surface area contributed by atoms with E-state index in [-0.39, 0.29) is 0 Å². The van der Waals surface area contributed by atoms with Gasteiger partial charge in [0.05, 0.1) is 0 Å². The highest BCUT2D eigenvalue weighted by molar-refractivity contribution is 6.44. The maximum Gasteiger partial charge on any atom is 0.137 e. The van der Waals surface area contributed by atoms with Crippen LogP contribution in [-0.4, -0.2) is 9.94 Å². The van der Waals surface area contributed by atoms with Gasteiger partial charge in [-0.25, -0.2) is 0 Å². The topological polar surface area (TPSA) is 20.2 Å². The van der Waals surface area contributed by atoms with E-state index in [1.807, 2.05) is 32.0 Å². The van der Waals surface area contributed by atoms with Crippen molar-refractivity contribution in [2.24, 2.45) is 0 Å². The highest BCUT2D eigenvalue weighted by Crippen LogP contribution is 2.28. The summed E-state index contributed by atoms with van der Waals surface area (Å²) >= 11 is 11.2. The number of benzene rings is 1. The number of halogens is 2. The van der Waals surface area contributed by atoms with Gasteiger partial charge in [0.25, 0.3) is 0 Å². The highest BCUT2D eigenvalue weighted by atomic mass is 35.5. The minimum absolute atomic E-state index is 0.778. The highest BCUT2D eigenvalue weighted by Gasteiger charge is 2.19. The molecule has 1 aromatic carbocycles. The number of hydrogen-bond donors (Lipinski definition) is 1. The fourth-order valence-corrected chi connectivity index (χ4v) is 1.67. The van der Waals surface area contributed by atoms with Crippen LogP contribution in [-0.2, 0) is 0 Å². The predicted molar refractivity (Wildman–Crippen MR) is 56.4 cm³/mol. The van der Waals surface area contributed by atoms with E-state index in [2.05, 4.69) is 0 Å². The summed E-state index contributed by atoms with van der Waals surface area (Å²) in [5.41, 5.74) is 2.86. The molecular weight excluding hydrogens is 207 g/mol. The molecule has 0 heterocycles. The van der Waals surface area contributed by atoms with Crippen LogP contribution >= 0.6 is 23.2 Å². The van der Waals surface area contributed by atoms with Crippen molar-refractivity contribution in [2.75, 3.05) is 0 Å². The molecule has 0 saturated carbocycles. The van der Waals surface area contributed by atoms with Crippen LogP contribution in [0.25, 0.3) is 0 Å². The third-order valence-electron chi connectivity index (χ3n) is 2.08. The molecule has 0 spiro atoms. The van der Waals surface area contributed by atoms with Crippen LogP contribution in [0, 0.1) is 13.8 Å². The zero-order valence-corrected chi connectivity index (χ0v) is 9.10. The smallest absolute Gasteiger partial charge is 0.137 e. The molecule has 1 atom stereocenters. The lowest BCUT2D eigenvalue weighted by atomic mass is 9.99. The first kappa shape index (κ1) is 10.8. The van der Waals surface area contributed by atoms with Gasteiger partial charge in [-0.15, -0.1) is 23.2 Å². The SMILES string of the molecule is Cc1cccc(C)c1C(O)C(Cl)Cl. The van der Waals surface area contributed by atoms with Crippen molar-refractivity contribution in [3.8, 4) is 0 Å². The van der Waals surface area contributed by atoms with Gasteiger partial charge >= 0.3 is 0 Å². The third kappa shape index (κ3) is 2.37. The Morgan fingerprint density at radius 1 is 1.15 bits per heavy atom. The van der Waals surface area contributed by atoms with E-state index >= 15 is 0 Å². The summed E-state index contributed by atoms with van der Waals surface area (Å²) in [4.78, 5) is -0.778. The van der Waals surface area contributed by atoms with E-state index in [0.29, 0.717) is 0 Å². The number of aryl methyl sites for hydroxylation is 2. The summed E-state index contributed by atoms with van der Waals surface area (Å²) in [6.45, 7) is 3.86. The Labute approximate surface area is 88.3 Å². The van der Waals surface area contributed by atoms with Gasteiger partial charge in [-0.3, -0.25) is 0 Å². The molecule has 0 aliphatic carbocycles. The Morgan fingerprint density at radius 3 is 2.00 bits per heavy atom. The van der Waals surface area contributed by atoms with Gasteiger partial charge in [-0.05, 0) is 30.5 Å². The van der Waals surface area contributed by atoms with Crippen LogP contribution in [0.4, 0.5) is 0 Å². The summed E-state index contributed by atoms with van der Waals surface area (Å²) in [5, 5.41) is 9.70. The quantitative estimate of drug-likeness (QED) is 0.757. The zero-order chi connectivity index (χ0) is 10.0. The molecule has 0 saturated heterocycles. The molecule has 0 fully saturated rings. The number of aliphatic hydroxyl groups excluding tert-OH is 1. The van der Waals surface area contributed by atoms with Crippen LogP contribution in [0.3, 0.4) is 0 Å². The second-order valence-electron chi connectivity index (χ2n) is 3.08. The second kappa shape index (κ2) is 4.32. The maximum absolute atomic E-state index is 9.70. The number of alkyl halides is 2. The Hall–Kier alpha value is -0.240. The van der Waals surface area contributed by atoms with E-state index in [0.717, 1.165) is 16.7 Å². The fourth-order valence-electron chi connectivity index (χ4n) is 1.42. The average Bonchev–Trinajstić information content (AvgIpc) is 2.03. The largest absolute Gasteiger partial charge is 0.386 e. The molecular formula is C10H12Cl2O. The van der Waals surface area contributed by atoms with Gasteiger partial charge in [-0.2, -0.15) is 0 Å². The zero-order valence-electron chi connectivity index (χ0n) is 7.59. The van der Waals surface area contributed by atoms with Crippen molar-refractivity contribution in [1.82, 2.24) is 0 Å². The van der Waals surface area contributed by atoms with Crippen LogP contribution in [0.5, 0.6) is 0 Å². The van der Waals surface area contributed by atoms with Crippen molar-refractivity contribution >= 4 is 23.2 Å². The summed E-state index contributed by atoms with van der Waals surface area (Å²) in [6, 6.07) is 5.81. The third-order valence-corrected chi connectivity index (χ3v) is 2.55. The van der Waals surface area contributed by atoms with Crippen molar-refractivity contribution in [3.63, 3.8) is 0 Å². The second-order valence-corrected chi connectivity index (χ2v) is 4.25. The van der Waals surface area contributed by atoms with Crippen LogP contribution in [0.2, 0.25) is 0 Å². The average molecular weight is 219 g/mol. The van der Waals surface area contributed by atoms with E-state index in [1.165, 1.54) is 0 Å². The molecule has 3 heteroatoms. The van der Waals surface area contributed by atoms with Gasteiger partial charge in [-0.1, -0.05) is 18.2 Å². The minimum Gasteiger partial charge on any atom is -0.386 e. The molecule has 0 bridgehead atoms. The molecule has 0 amide bonds. The van der Waals surface area contributed by atoms with Crippen molar-refractivity contribution < 1.29 is 5.11 Å². The first-order chi connectivity index (χ1) is 6.04. The molecule has 0 aliphatic heterocycles. The Balaban J connectivity index is 3.12. The van der Waals surface area contributed by atoms with E-state index in [9.17, 15) is 5.11 Å². The van der Waals surface area contributed by atoms with E-state index in [4.69, 9.17) is 23.2 Å². The molecule has 13 heavy (non-hydrogen) atoms. The van der Waals surface area contributed by atoms with Crippen molar-refractivity contribution in [1.29, 1.82) is 0 Å². The lowest BCUT2D eigenvalue weighted by Gasteiger charge is -2.16. The Morgan fingerprint density at radius 2 is 1.62 bits per heavy atom. The molecule has 0 aromatic heterocycles. The molecule has 1 N–H and O–H groups in total. The normalized spacial score (nSPS) is 13.4. The minimum atomic E-state index is -0.801. The van der Waals surface area contributed by atoms with E-state index in [1.54, 1.807) is 0 Å². The standard InChI is InChI=1S/C10H12Cl2O/c1-6-4-3-5-7(2)8(6)9(13)10(11)12/h3-5,9-10,13H,1-2H3. The molecule has 1 aromatic rings. The van der Waals surface area contributed by atoms with Crippen LogP contribution in [0.15, 0.2) is 18.2 Å². The maximum atomic E-state index is 9.70. The van der Waals surface area contributed by atoms with Gasteiger partial charge in [0.2, 0.25) is 0 Å². The Bertz CT molecular complexity index is 277. The molecule has 1 unspecified atom stereocenters. The van der Waals surface area contributed by atoms with Gasteiger partial charge < -0.3 is 5.11 Å². The summed E-state index contributed by atoms with van der Waals surface area (Å²) < 4.78 is 0. The predicted octanol–water partition coefficient (Wildman–Crippen LogP) is 3.14. The van der Waals surface area contributed by atoms with Crippen molar-refractivity contribution in [3.05, 3.63) is 34.9 Å². The number of aliphatic hydroxyl groups is 1. The monoisotopic (exact) mass is 218 g/mol. The molecule has 72 valence electrons. The summed E-state index contributed by atoms with van der Waals surface area (Å²) in [7, 11) is 0. The van der Waals surface area contributed by atoms with E-state index < -0.39 is 10.9 Å². The van der Waals surface area contributed by atoms with Crippen LogP contribution < -0.4 is 0 Å². The number of rotatable bonds is 2. The lowest BCUT2D eigenvalue weighted by Crippen LogP contribution is -2.09. The summed E-state index contributed by atoms with van der Waals surface area (Å²) in [6.07, 6.45) is -0.801. The first-order valence-corrected chi connectivity index (χ1v) is 4.93. The summed E-state index contributed by atoms with van der Waals surface area (Å²) in [5.74, 6) is 0. The van der Waals surface area contributed by atoms with Gasteiger partial charge in [0.15, 0.2) is 0 Å². The fraction of sp³-hybridized carbons (Fsp3) is 0.400. The molecule has 0 aliphatic rings. The van der Waals surface area contributed by atoms with Crippen molar-refractivity contribution in [2.45, 2.75) is 24.8 Å². The van der Waals surface area contributed by atoms with Crippen LogP contribution in [0.1, 0.15) is 22.8 Å². The molecule has 1 nitrogen and oxygen atoms in total. The first-order valence-electron chi connectivity index (χ1n) is 4.06. The number of hydrogen-bond acceptors (Lipinski definition) is 1. The molecule has 1 rings (SSSR count). The molecule has 0 radical (unpaired) electrons. The van der Waals surface area contributed by atoms with Gasteiger partial charge in [0, 0.05) is 0 Å². The Kier molecular flexibility index (Phi) is 3.60. The lowest BCUT2D eigenvalue weighted by molar-refractivity contribution is 0.191. The van der Waals surface area contributed by atoms with Gasteiger partial charge in [0.1, 0.15) is 10.9 Å².